The predicted octanol–water partition coefficient (Wildman–Crippen LogP) is 2.66. The number of urea groups is 1. The number of aryl methyl sites for hydroxylation is 1. The summed E-state index contributed by atoms with van der Waals surface area (Å²) in [7, 11) is 0. The molecule has 22 heavy (non-hydrogen) atoms. The molecule has 3 rings (SSSR count). The van der Waals surface area contributed by atoms with Crippen molar-refractivity contribution < 1.29 is 9.32 Å². The van der Waals surface area contributed by atoms with Gasteiger partial charge in [-0.3, -0.25) is 0 Å². The maximum atomic E-state index is 12.5. The first-order valence-corrected chi connectivity index (χ1v) is 7.64. The Bertz CT molecular complexity index is 620. The summed E-state index contributed by atoms with van der Waals surface area (Å²) in [6, 6.07) is 9.19. The number of nitrogens with zero attached hydrogens (tertiary/aromatic N) is 3. The molecule has 1 aromatic carbocycles. The van der Waals surface area contributed by atoms with Crippen molar-refractivity contribution in [3.8, 4) is 0 Å². The number of benzene rings is 1. The molecule has 1 aromatic heterocycles. The van der Waals surface area contributed by atoms with Crippen LogP contribution in [0.15, 0.2) is 34.9 Å². The summed E-state index contributed by atoms with van der Waals surface area (Å²) in [5, 5.41) is 6.86. The van der Waals surface area contributed by atoms with Gasteiger partial charge >= 0.3 is 6.03 Å². The quantitative estimate of drug-likeness (QED) is 0.946. The number of hydrogen-bond acceptors (Lipinski definition) is 4. The predicted molar refractivity (Wildman–Crippen MR) is 81.3 cm³/mol. The van der Waals surface area contributed by atoms with E-state index in [0.717, 1.165) is 31.5 Å². The van der Waals surface area contributed by atoms with Gasteiger partial charge in [-0.2, -0.15) is 4.98 Å². The van der Waals surface area contributed by atoms with Crippen LogP contribution in [0.2, 0.25) is 0 Å². The third-order valence-corrected chi connectivity index (χ3v) is 3.83. The molecule has 1 atom stereocenters. The lowest BCUT2D eigenvalue weighted by Crippen LogP contribution is -2.44. The zero-order valence-corrected chi connectivity index (χ0v) is 12.7. The molecule has 6 heteroatoms. The van der Waals surface area contributed by atoms with Crippen molar-refractivity contribution in [3.63, 3.8) is 0 Å². The van der Waals surface area contributed by atoms with Crippen LogP contribution in [-0.2, 0) is 0 Å². The average molecular weight is 300 g/mol. The Labute approximate surface area is 129 Å². The van der Waals surface area contributed by atoms with Gasteiger partial charge in [-0.1, -0.05) is 35.5 Å². The minimum Gasteiger partial charge on any atom is -0.337 e. The van der Waals surface area contributed by atoms with E-state index in [0.29, 0.717) is 11.7 Å². The second-order valence-electron chi connectivity index (χ2n) is 5.52. The molecule has 0 saturated carbocycles. The number of piperidine rings is 1. The van der Waals surface area contributed by atoms with Crippen LogP contribution in [-0.4, -0.2) is 34.2 Å². The summed E-state index contributed by atoms with van der Waals surface area (Å²) in [5.74, 6) is 0.970. The summed E-state index contributed by atoms with van der Waals surface area (Å²) in [6.45, 7) is 3.37. The van der Waals surface area contributed by atoms with E-state index in [-0.39, 0.29) is 6.03 Å². The average Bonchev–Trinajstić information content (AvgIpc) is 3.00. The van der Waals surface area contributed by atoms with Gasteiger partial charge in [-0.25, -0.2) is 4.79 Å². The van der Waals surface area contributed by atoms with Gasteiger partial charge in [0.1, 0.15) is 6.04 Å². The Hall–Kier alpha value is -2.37. The van der Waals surface area contributed by atoms with Crippen LogP contribution < -0.4 is 5.32 Å². The van der Waals surface area contributed by atoms with Crippen LogP contribution in [0, 0.1) is 6.92 Å². The van der Waals surface area contributed by atoms with Crippen molar-refractivity contribution in [1.29, 1.82) is 0 Å². The summed E-state index contributed by atoms with van der Waals surface area (Å²) >= 11 is 0. The van der Waals surface area contributed by atoms with Crippen LogP contribution in [0.1, 0.15) is 42.6 Å². The molecule has 1 aliphatic heterocycles. The van der Waals surface area contributed by atoms with Crippen molar-refractivity contribution in [3.05, 3.63) is 47.6 Å². The van der Waals surface area contributed by atoms with Crippen LogP contribution in [0.25, 0.3) is 0 Å². The molecule has 1 aliphatic rings. The van der Waals surface area contributed by atoms with Crippen molar-refractivity contribution in [1.82, 2.24) is 20.4 Å². The Morgan fingerprint density at radius 1 is 1.23 bits per heavy atom. The van der Waals surface area contributed by atoms with Gasteiger partial charge < -0.3 is 14.7 Å². The largest absolute Gasteiger partial charge is 0.337 e. The summed E-state index contributed by atoms with van der Waals surface area (Å²) in [6.07, 6.45) is 3.31. The van der Waals surface area contributed by atoms with Crippen molar-refractivity contribution in [2.24, 2.45) is 0 Å². The fraction of sp³-hybridized carbons (Fsp3) is 0.438. The third kappa shape index (κ3) is 3.27. The molecule has 0 bridgehead atoms. The Morgan fingerprint density at radius 2 is 1.95 bits per heavy atom. The Morgan fingerprint density at radius 3 is 2.59 bits per heavy atom. The number of rotatable bonds is 3. The van der Waals surface area contributed by atoms with E-state index in [1.54, 1.807) is 6.92 Å². The first kappa shape index (κ1) is 14.6. The van der Waals surface area contributed by atoms with E-state index in [1.165, 1.54) is 6.42 Å². The number of carbonyl (C=O) groups is 1. The maximum Gasteiger partial charge on any atom is 0.318 e. The molecule has 0 aliphatic carbocycles. The van der Waals surface area contributed by atoms with Gasteiger partial charge in [0.25, 0.3) is 5.89 Å². The molecule has 0 radical (unpaired) electrons. The van der Waals surface area contributed by atoms with Gasteiger partial charge in [0.2, 0.25) is 0 Å². The highest BCUT2D eigenvalue weighted by Crippen LogP contribution is 2.21. The Kier molecular flexibility index (Phi) is 4.37. The van der Waals surface area contributed by atoms with E-state index < -0.39 is 6.04 Å². The van der Waals surface area contributed by atoms with Crippen LogP contribution in [0.4, 0.5) is 4.79 Å². The maximum absolute atomic E-state index is 12.5. The van der Waals surface area contributed by atoms with Gasteiger partial charge in [0, 0.05) is 13.1 Å². The molecule has 1 N–H and O–H groups in total. The lowest BCUT2D eigenvalue weighted by molar-refractivity contribution is 0.182. The number of amides is 2. The van der Waals surface area contributed by atoms with Crippen LogP contribution in [0.5, 0.6) is 0 Å². The molecule has 1 fully saturated rings. The highest BCUT2D eigenvalue weighted by Gasteiger charge is 2.25. The number of carbonyl (C=O) groups excluding carboxylic acids is 1. The molecule has 1 saturated heterocycles. The molecule has 6 nitrogen and oxygen atoms in total. The normalized spacial score (nSPS) is 16.3. The number of likely N-dealkylation sites (tertiary alicyclic amines) is 1. The Balaban J connectivity index is 1.81. The van der Waals surface area contributed by atoms with E-state index in [9.17, 15) is 4.79 Å². The van der Waals surface area contributed by atoms with Gasteiger partial charge in [0.05, 0.1) is 0 Å². The summed E-state index contributed by atoms with van der Waals surface area (Å²) in [4.78, 5) is 18.6. The minimum atomic E-state index is -0.420. The van der Waals surface area contributed by atoms with E-state index in [4.69, 9.17) is 4.52 Å². The second-order valence-corrected chi connectivity index (χ2v) is 5.52. The lowest BCUT2D eigenvalue weighted by atomic mass is 10.1. The van der Waals surface area contributed by atoms with Gasteiger partial charge in [-0.05, 0) is 31.7 Å². The van der Waals surface area contributed by atoms with E-state index in [2.05, 4.69) is 15.5 Å². The summed E-state index contributed by atoms with van der Waals surface area (Å²) in [5.41, 5.74) is 0.927. The number of aromatic nitrogens is 2. The zero-order chi connectivity index (χ0) is 15.4. The highest BCUT2D eigenvalue weighted by atomic mass is 16.5. The fourth-order valence-electron chi connectivity index (χ4n) is 2.68. The molecule has 0 spiro atoms. The fourth-order valence-corrected chi connectivity index (χ4v) is 2.68. The number of nitrogens with one attached hydrogen (secondary N) is 1. The standard InChI is InChI=1S/C16H20N4O2/c1-12-17-15(22-19-12)14(13-8-4-2-5-9-13)18-16(21)20-10-6-3-7-11-20/h2,4-5,8-9,14H,3,6-7,10-11H2,1H3,(H,18,21). The molecule has 2 aromatic rings. The molecule has 2 amide bonds. The first-order chi connectivity index (χ1) is 10.7. The van der Waals surface area contributed by atoms with Crippen LogP contribution in [0.3, 0.4) is 0 Å². The summed E-state index contributed by atoms with van der Waals surface area (Å²) < 4.78 is 5.27. The zero-order valence-electron chi connectivity index (χ0n) is 12.7. The van der Waals surface area contributed by atoms with Gasteiger partial charge in [-0.15, -0.1) is 0 Å². The lowest BCUT2D eigenvalue weighted by Gasteiger charge is -2.28. The van der Waals surface area contributed by atoms with Crippen molar-refractivity contribution in [2.45, 2.75) is 32.2 Å². The first-order valence-electron chi connectivity index (χ1n) is 7.64. The van der Waals surface area contributed by atoms with Crippen molar-refractivity contribution >= 4 is 6.03 Å². The topological polar surface area (TPSA) is 71.3 Å². The molecular formula is C16H20N4O2. The molecule has 2 heterocycles. The number of hydrogen-bond donors (Lipinski definition) is 1. The van der Waals surface area contributed by atoms with Crippen LogP contribution >= 0.6 is 0 Å². The monoisotopic (exact) mass is 300 g/mol. The van der Waals surface area contributed by atoms with Crippen molar-refractivity contribution in [2.75, 3.05) is 13.1 Å². The highest BCUT2D eigenvalue weighted by molar-refractivity contribution is 5.75. The molecule has 1 unspecified atom stereocenters. The SMILES string of the molecule is Cc1noc(C(NC(=O)N2CCCCC2)c2ccccc2)n1. The minimum absolute atomic E-state index is 0.0793. The smallest absolute Gasteiger partial charge is 0.318 e. The third-order valence-electron chi connectivity index (χ3n) is 3.83. The van der Waals surface area contributed by atoms with Gasteiger partial charge in [0.15, 0.2) is 5.82 Å². The van der Waals surface area contributed by atoms with E-state index >= 15 is 0 Å². The van der Waals surface area contributed by atoms with E-state index in [1.807, 2.05) is 35.2 Å². The molecule has 116 valence electrons. The molecular weight excluding hydrogens is 280 g/mol. The second kappa shape index (κ2) is 6.60.